The third kappa shape index (κ3) is 10.5. The number of nitrogens with two attached hydrogens (primary N) is 3. The lowest BCUT2D eigenvalue weighted by molar-refractivity contribution is -0.142. The largest absolute Gasteiger partial charge is 0.468 e. The minimum Gasteiger partial charge on any atom is -0.468 e. The van der Waals surface area contributed by atoms with E-state index < -0.39 is 36.0 Å². The van der Waals surface area contributed by atoms with Crippen LogP contribution in [0.15, 0.2) is 0 Å². The molecule has 0 saturated heterocycles. The summed E-state index contributed by atoms with van der Waals surface area (Å²) in [7, 11) is 4.02. The van der Waals surface area contributed by atoms with Crippen molar-refractivity contribution < 1.29 is 28.6 Å². The summed E-state index contributed by atoms with van der Waals surface area (Å²) in [6.07, 6.45) is 2.54. The summed E-state index contributed by atoms with van der Waals surface area (Å²) in [4.78, 5) is 35.5. The highest BCUT2D eigenvalue weighted by atomic mass is 32.2. The van der Waals surface area contributed by atoms with Crippen molar-refractivity contribution in [2.75, 3.05) is 38.6 Å². The van der Waals surface area contributed by atoms with Crippen molar-refractivity contribution in [1.82, 2.24) is 0 Å². The van der Waals surface area contributed by atoms with Gasteiger partial charge in [-0.05, 0) is 52.6 Å². The van der Waals surface area contributed by atoms with Crippen LogP contribution in [0.4, 0.5) is 0 Å². The Hall–Kier alpha value is -1.44. The molecule has 0 saturated carbocycles. The third-order valence-corrected chi connectivity index (χ3v) is 9.65. The molecule has 12 heteroatoms. The monoisotopic (exact) mass is 603 g/mol. The van der Waals surface area contributed by atoms with Gasteiger partial charge in [-0.3, -0.25) is 14.4 Å². The lowest BCUT2D eigenvalue weighted by atomic mass is 9.85. The highest BCUT2D eigenvalue weighted by Crippen LogP contribution is 2.36. The van der Waals surface area contributed by atoms with Crippen LogP contribution in [-0.4, -0.2) is 74.6 Å². The summed E-state index contributed by atoms with van der Waals surface area (Å²) in [5.41, 5.74) is 25.7. The van der Waals surface area contributed by atoms with Crippen molar-refractivity contribution in [1.29, 1.82) is 0 Å². The van der Waals surface area contributed by atoms with Crippen LogP contribution in [0.2, 0.25) is 0 Å². The topological polar surface area (TPSA) is 157 Å². The number of methoxy groups -OCH3 is 3. The van der Waals surface area contributed by atoms with Gasteiger partial charge in [0.2, 0.25) is 0 Å². The third-order valence-electron chi connectivity index (χ3n) is 6.39. The second-order valence-electron chi connectivity index (χ2n) is 8.87. The van der Waals surface area contributed by atoms with Gasteiger partial charge < -0.3 is 31.4 Å². The first-order valence-electron chi connectivity index (χ1n) is 13.0. The Morgan fingerprint density at radius 2 is 0.769 bits per heavy atom. The molecule has 0 radical (unpaired) electrons. The first-order chi connectivity index (χ1) is 18.6. The first kappa shape index (κ1) is 35.6. The Morgan fingerprint density at radius 3 is 0.949 bits per heavy atom. The fraction of sp³-hybridized carbons (Fsp3) is 0.667. The van der Waals surface area contributed by atoms with E-state index >= 15 is 0 Å². The molecule has 0 heterocycles. The van der Waals surface area contributed by atoms with Gasteiger partial charge >= 0.3 is 17.9 Å². The number of hydrogen-bond donors (Lipinski definition) is 3. The van der Waals surface area contributed by atoms with Crippen LogP contribution in [0.3, 0.4) is 0 Å². The van der Waals surface area contributed by atoms with E-state index in [1.165, 1.54) is 54.7 Å². The molecule has 0 aliphatic carbocycles. The summed E-state index contributed by atoms with van der Waals surface area (Å²) in [5, 5.41) is 0. The average molecular weight is 604 g/mol. The van der Waals surface area contributed by atoms with Crippen LogP contribution in [-0.2, 0) is 65.1 Å². The molecule has 0 spiro atoms. The van der Waals surface area contributed by atoms with Gasteiger partial charge in [0.15, 0.2) is 0 Å². The maximum Gasteiger partial charge on any atom is 0.323 e. The lowest BCUT2D eigenvalue weighted by Crippen LogP contribution is -2.34. The van der Waals surface area contributed by atoms with Crippen LogP contribution in [0.5, 0.6) is 0 Å². The Morgan fingerprint density at radius 1 is 0.538 bits per heavy atom. The molecule has 6 N–H and O–H groups in total. The molecule has 1 aromatic carbocycles. The number of benzene rings is 1. The molecule has 3 atom stereocenters. The summed E-state index contributed by atoms with van der Waals surface area (Å²) >= 11 is 4.85. The van der Waals surface area contributed by atoms with Crippen LogP contribution < -0.4 is 17.2 Å². The number of esters is 3. The van der Waals surface area contributed by atoms with E-state index in [1.54, 1.807) is 35.3 Å². The van der Waals surface area contributed by atoms with Gasteiger partial charge in [0, 0.05) is 34.5 Å². The zero-order chi connectivity index (χ0) is 29.5. The van der Waals surface area contributed by atoms with Gasteiger partial charge in [0.25, 0.3) is 0 Å². The van der Waals surface area contributed by atoms with Gasteiger partial charge in [-0.25, -0.2) is 0 Å². The Labute approximate surface area is 245 Å². The highest BCUT2D eigenvalue weighted by Gasteiger charge is 2.24. The fourth-order valence-electron chi connectivity index (χ4n) is 4.42. The van der Waals surface area contributed by atoms with Gasteiger partial charge in [0.1, 0.15) is 18.1 Å². The molecule has 1 aromatic rings. The predicted molar refractivity (Wildman–Crippen MR) is 163 cm³/mol. The summed E-state index contributed by atoms with van der Waals surface area (Å²) < 4.78 is 14.3. The fourth-order valence-corrected chi connectivity index (χ4v) is 7.60. The molecule has 39 heavy (non-hydrogen) atoms. The molecule has 0 amide bonds. The number of rotatable bonds is 18. The zero-order valence-electron chi connectivity index (χ0n) is 24.0. The Balaban J connectivity index is 3.45. The quantitative estimate of drug-likeness (QED) is 0.167. The Kier molecular flexibility index (Phi) is 17.2. The number of carbonyl (C=O) groups excluding carboxylic acids is 3. The van der Waals surface area contributed by atoms with Crippen LogP contribution in [0.25, 0.3) is 0 Å². The van der Waals surface area contributed by atoms with Crippen molar-refractivity contribution in [3.63, 3.8) is 0 Å². The minimum absolute atomic E-state index is 0.423. The predicted octanol–water partition coefficient (Wildman–Crippen LogP) is 2.57. The number of hydrogen-bond acceptors (Lipinski definition) is 12. The summed E-state index contributed by atoms with van der Waals surface area (Å²) in [6.45, 7) is 6.46. The smallest absolute Gasteiger partial charge is 0.323 e. The number of thioether (sulfide) groups is 3. The van der Waals surface area contributed by atoms with Crippen molar-refractivity contribution in [3.05, 3.63) is 33.4 Å². The maximum absolute atomic E-state index is 11.8. The van der Waals surface area contributed by atoms with E-state index in [2.05, 4.69) is 20.8 Å². The molecule has 0 fully saturated rings. The van der Waals surface area contributed by atoms with Crippen molar-refractivity contribution in [2.24, 2.45) is 17.2 Å². The average Bonchev–Trinajstić information content (AvgIpc) is 2.95. The number of carbonyl (C=O) groups is 3. The molecule has 0 bridgehead atoms. The standard InChI is InChI=1S/C27H45N3O6S3/c1-7-16-19(10-37-13-22(28)25(31)34-4)17(8-2)21(12-39-15-24(30)27(33)36-6)18(9-3)20(16)11-38-14-23(29)26(32)35-5/h22-24H,7-15,28-30H2,1-6H3/t22-,23-,24-/m0/s1. The van der Waals surface area contributed by atoms with Gasteiger partial charge in [-0.15, -0.1) is 0 Å². The van der Waals surface area contributed by atoms with E-state index in [9.17, 15) is 14.4 Å². The minimum atomic E-state index is -0.685. The maximum atomic E-state index is 11.8. The van der Waals surface area contributed by atoms with E-state index in [0.29, 0.717) is 34.5 Å². The SMILES string of the molecule is CCc1c(CSC[C@H](N)C(=O)OC)c(CC)c(CSC[C@H](N)C(=O)OC)c(CC)c1CSC[C@H](N)C(=O)OC. The molecular weight excluding hydrogens is 559 g/mol. The van der Waals surface area contributed by atoms with Crippen LogP contribution in [0, 0.1) is 0 Å². The molecule has 0 aliphatic rings. The number of ether oxygens (including phenoxy) is 3. The second-order valence-corrected chi connectivity index (χ2v) is 12.0. The Bertz CT molecular complexity index is 823. The van der Waals surface area contributed by atoms with Crippen LogP contribution >= 0.6 is 35.3 Å². The second kappa shape index (κ2) is 18.8. The van der Waals surface area contributed by atoms with E-state index in [1.807, 2.05) is 0 Å². The van der Waals surface area contributed by atoms with E-state index in [-0.39, 0.29) is 0 Å². The lowest BCUT2D eigenvalue weighted by Gasteiger charge is -2.26. The zero-order valence-corrected chi connectivity index (χ0v) is 26.5. The van der Waals surface area contributed by atoms with Crippen molar-refractivity contribution in [2.45, 2.75) is 75.4 Å². The van der Waals surface area contributed by atoms with E-state index in [0.717, 1.165) is 19.3 Å². The molecule has 0 unspecified atom stereocenters. The molecular formula is C27H45N3O6S3. The summed E-state index contributed by atoms with van der Waals surface area (Å²) in [5.74, 6) is 2.20. The van der Waals surface area contributed by atoms with Gasteiger partial charge in [-0.2, -0.15) is 35.3 Å². The molecule has 9 nitrogen and oxygen atoms in total. The molecule has 1 rings (SSSR count). The van der Waals surface area contributed by atoms with Gasteiger partial charge in [-0.1, -0.05) is 20.8 Å². The van der Waals surface area contributed by atoms with Crippen molar-refractivity contribution in [3.8, 4) is 0 Å². The van der Waals surface area contributed by atoms with Crippen LogP contribution in [0.1, 0.15) is 54.2 Å². The summed E-state index contributed by atoms with van der Waals surface area (Å²) in [6, 6.07) is -2.06. The normalized spacial score (nSPS) is 13.5. The molecule has 0 aromatic heterocycles. The van der Waals surface area contributed by atoms with Gasteiger partial charge in [0.05, 0.1) is 21.3 Å². The molecule has 0 aliphatic heterocycles. The molecule has 222 valence electrons. The highest BCUT2D eigenvalue weighted by molar-refractivity contribution is 7.99. The van der Waals surface area contributed by atoms with Crippen molar-refractivity contribution >= 4 is 53.2 Å². The first-order valence-corrected chi connectivity index (χ1v) is 16.5. The van der Waals surface area contributed by atoms with E-state index in [4.69, 9.17) is 31.4 Å².